The van der Waals surface area contributed by atoms with Crippen LogP contribution in [0.25, 0.3) is 0 Å². The summed E-state index contributed by atoms with van der Waals surface area (Å²) in [6.07, 6.45) is 3.39. The zero-order chi connectivity index (χ0) is 14.5. The van der Waals surface area contributed by atoms with Crippen molar-refractivity contribution in [3.63, 3.8) is 0 Å². The Bertz CT molecular complexity index is 596. The highest BCUT2D eigenvalue weighted by molar-refractivity contribution is 6.09. The van der Waals surface area contributed by atoms with E-state index in [0.717, 1.165) is 16.9 Å². The van der Waals surface area contributed by atoms with E-state index in [0.29, 0.717) is 12.1 Å². The van der Waals surface area contributed by atoms with Crippen LogP contribution in [0.3, 0.4) is 0 Å². The smallest absolute Gasteiger partial charge is 0.260 e. The summed E-state index contributed by atoms with van der Waals surface area (Å²) in [6, 6.07) is 9.48. The molecule has 0 spiro atoms. The van der Waals surface area contributed by atoms with E-state index < -0.39 is 0 Å². The Morgan fingerprint density at radius 3 is 2.55 bits per heavy atom. The van der Waals surface area contributed by atoms with Gasteiger partial charge >= 0.3 is 0 Å². The van der Waals surface area contributed by atoms with Crippen molar-refractivity contribution in [3.05, 3.63) is 53.9 Å². The van der Waals surface area contributed by atoms with E-state index in [-0.39, 0.29) is 5.91 Å². The van der Waals surface area contributed by atoms with Gasteiger partial charge in [-0.15, -0.1) is 0 Å². The predicted octanol–water partition coefficient (Wildman–Crippen LogP) is 3.10. The van der Waals surface area contributed by atoms with Gasteiger partial charge in [0.15, 0.2) is 0 Å². The van der Waals surface area contributed by atoms with Gasteiger partial charge in [-0.1, -0.05) is 6.07 Å². The van der Waals surface area contributed by atoms with Crippen LogP contribution in [0.2, 0.25) is 0 Å². The molecule has 0 saturated heterocycles. The molecule has 4 nitrogen and oxygen atoms in total. The average molecular weight is 269 g/mol. The number of rotatable bonds is 4. The third-order valence-corrected chi connectivity index (χ3v) is 3.21. The van der Waals surface area contributed by atoms with Crippen molar-refractivity contribution in [1.82, 2.24) is 4.98 Å². The molecule has 2 rings (SSSR count). The summed E-state index contributed by atoms with van der Waals surface area (Å²) >= 11 is 0. The van der Waals surface area contributed by atoms with Crippen LogP contribution in [-0.2, 0) is 0 Å². The zero-order valence-corrected chi connectivity index (χ0v) is 12.1. The van der Waals surface area contributed by atoms with Crippen LogP contribution in [-0.4, -0.2) is 24.5 Å². The molecule has 104 valence electrons. The van der Waals surface area contributed by atoms with Gasteiger partial charge in [-0.05, 0) is 43.7 Å². The van der Waals surface area contributed by atoms with Crippen molar-refractivity contribution in [2.45, 2.75) is 13.8 Å². The van der Waals surface area contributed by atoms with Gasteiger partial charge in [-0.25, -0.2) is 0 Å². The van der Waals surface area contributed by atoms with E-state index in [1.807, 2.05) is 51.2 Å². The maximum absolute atomic E-state index is 12.7. The second-order valence-electron chi connectivity index (χ2n) is 4.55. The summed E-state index contributed by atoms with van der Waals surface area (Å²) in [5, 5.41) is 3.09. The van der Waals surface area contributed by atoms with Crippen molar-refractivity contribution in [2.75, 3.05) is 23.8 Å². The Balaban J connectivity index is 2.39. The Hall–Kier alpha value is -2.36. The first-order valence-corrected chi connectivity index (χ1v) is 6.67. The van der Waals surface area contributed by atoms with Crippen molar-refractivity contribution >= 4 is 17.3 Å². The molecule has 0 saturated carbocycles. The van der Waals surface area contributed by atoms with Crippen molar-refractivity contribution in [3.8, 4) is 0 Å². The van der Waals surface area contributed by atoms with E-state index in [2.05, 4.69) is 10.3 Å². The topological polar surface area (TPSA) is 45.2 Å². The van der Waals surface area contributed by atoms with E-state index in [1.165, 1.54) is 0 Å². The molecule has 0 fully saturated rings. The maximum atomic E-state index is 12.7. The summed E-state index contributed by atoms with van der Waals surface area (Å²) in [4.78, 5) is 18.5. The minimum atomic E-state index is -0.0111. The highest BCUT2D eigenvalue weighted by atomic mass is 16.2. The fourth-order valence-electron chi connectivity index (χ4n) is 2.16. The normalized spacial score (nSPS) is 10.2. The molecule has 20 heavy (non-hydrogen) atoms. The van der Waals surface area contributed by atoms with Crippen LogP contribution >= 0.6 is 0 Å². The lowest BCUT2D eigenvalue weighted by Crippen LogP contribution is -2.31. The first-order valence-electron chi connectivity index (χ1n) is 6.67. The van der Waals surface area contributed by atoms with Crippen LogP contribution in [0.15, 0.2) is 42.7 Å². The number of anilines is 2. The molecule has 2 aromatic rings. The molecular formula is C16H19N3O. The van der Waals surface area contributed by atoms with Crippen LogP contribution in [0.4, 0.5) is 11.4 Å². The largest absolute Gasteiger partial charge is 0.387 e. The summed E-state index contributed by atoms with van der Waals surface area (Å²) in [7, 11) is 1.83. The first-order chi connectivity index (χ1) is 9.67. The molecule has 0 unspecified atom stereocenters. The quantitative estimate of drug-likeness (QED) is 0.927. The Kier molecular flexibility index (Phi) is 4.35. The fraction of sp³-hybridized carbons (Fsp3) is 0.250. The fourth-order valence-corrected chi connectivity index (χ4v) is 2.16. The minimum Gasteiger partial charge on any atom is -0.387 e. The summed E-state index contributed by atoms with van der Waals surface area (Å²) in [6.45, 7) is 4.58. The van der Waals surface area contributed by atoms with E-state index in [1.54, 1.807) is 17.3 Å². The van der Waals surface area contributed by atoms with Gasteiger partial charge in [0.25, 0.3) is 5.91 Å². The molecule has 1 heterocycles. The van der Waals surface area contributed by atoms with E-state index in [9.17, 15) is 4.79 Å². The Labute approximate surface area is 119 Å². The van der Waals surface area contributed by atoms with Gasteiger partial charge in [0, 0.05) is 37.4 Å². The molecule has 0 radical (unpaired) electrons. The maximum Gasteiger partial charge on any atom is 0.260 e. The number of nitrogens with one attached hydrogen (secondary N) is 1. The van der Waals surface area contributed by atoms with E-state index in [4.69, 9.17) is 0 Å². The number of aryl methyl sites for hydroxylation is 1. The number of hydrogen-bond acceptors (Lipinski definition) is 3. The second kappa shape index (κ2) is 6.19. The first kappa shape index (κ1) is 14.1. The Morgan fingerprint density at radius 1 is 1.25 bits per heavy atom. The van der Waals surface area contributed by atoms with Gasteiger partial charge in [0.05, 0.1) is 5.56 Å². The van der Waals surface area contributed by atoms with Gasteiger partial charge in [-0.3, -0.25) is 9.78 Å². The number of carbonyl (C=O) groups is 1. The zero-order valence-electron chi connectivity index (χ0n) is 12.1. The molecule has 1 amide bonds. The van der Waals surface area contributed by atoms with Crippen LogP contribution in [0.1, 0.15) is 22.8 Å². The number of aromatic nitrogens is 1. The van der Waals surface area contributed by atoms with Crippen molar-refractivity contribution in [2.24, 2.45) is 0 Å². The second-order valence-corrected chi connectivity index (χ2v) is 4.55. The monoisotopic (exact) mass is 269 g/mol. The summed E-state index contributed by atoms with van der Waals surface area (Å²) in [5.74, 6) is -0.0111. The molecule has 4 heteroatoms. The molecular weight excluding hydrogens is 250 g/mol. The van der Waals surface area contributed by atoms with Crippen molar-refractivity contribution < 1.29 is 4.79 Å². The highest BCUT2D eigenvalue weighted by Crippen LogP contribution is 2.22. The average Bonchev–Trinajstić information content (AvgIpc) is 2.48. The molecule has 0 bridgehead atoms. The number of amides is 1. The number of carbonyl (C=O) groups excluding carboxylic acids is 1. The van der Waals surface area contributed by atoms with Crippen LogP contribution < -0.4 is 10.2 Å². The minimum absolute atomic E-state index is 0.0111. The standard InChI is InChI=1S/C16H19N3O/c1-4-19(13-7-9-18-10-8-13)16(20)14-6-5-12(2)11-15(14)17-3/h5-11,17H,4H2,1-3H3. The third kappa shape index (κ3) is 2.79. The lowest BCUT2D eigenvalue weighted by atomic mass is 10.1. The van der Waals surface area contributed by atoms with Gasteiger partial charge < -0.3 is 10.2 Å². The van der Waals surface area contributed by atoms with Gasteiger partial charge in [-0.2, -0.15) is 0 Å². The van der Waals surface area contributed by atoms with Gasteiger partial charge in [0.1, 0.15) is 0 Å². The molecule has 0 aliphatic carbocycles. The molecule has 1 aromatic heterocycles. The Morgan fingerprint density at radius 2 is 1.95 bits per heavy atom. The molecule has 0 aliphatic rings. The molecule has 0 atom stereocenters. The molecule has 1 aromatic carbocycles. The van der Waals surface area contributed by atoms with Crippen LogP contribution in [0.5, 0.6) is 0 Å². The molecule has 0 aliphatic heterocycles. The lowest BCUT2D eigenvalue weighted by Gasteiger charge is -2.22. The summed E-state index contributed by atoms with van der Waals surface area (Å²) < 4.78 is 0. The van der Waals surface area contributed by atoms with Crippen molar-refractivity contribution in [1.29, 1.82) is 0 Å². The molecule has 1 N–H and O–H groups in total. The third-order valence-electron chi connectivity index (χ3n) is 3.21. The SMILES string of the molecule is CCN(C(=O)c1ccc(C)cc1NC)c1ccncc1. The number of pyridine rings is 1. The van der Waals surface area contributed by atoms with E-state index >= 15 is 0 Å². The van der Waals surface area contributed by atoms with Crippen LogP contribution in [0, 0.1) is 6.92 Å². The predicted molar refractivity (Wildman–Crippen MR) is 82.3 cm³/mol. The highest BCUT2D eigenvalue weighted by Gasteiger charge is 2.18. The lowest BCUT2D eigenvalue weighted by molar-refractivity contribution is 0.0989. The number of hydrogen-bond donors (Lipinski definition) is 1. The van der Waals surface area contributed by atoms with Gasteiger partial charge in [0.2, 0.25) is 0 Å². The number of nitrogens with zero attached hydrogens (tertiary/aromatic N) is 2. The number of benzene rings is 1. The summed E-state index contributed by atoms with van der Waals surface area (Å²) in [5.41, 5.74) is 3.51.